The van der Waals surface area contributed by atoms with E-state index in [-0.39, 0.29) is 18.7 Å². The molecule has 1 amide bonds. The summed E-state index contributed by atoms with van der Waals surface area (Å²) >= 11 is 5.77. The van der Waals surface area contributed by atoms with Crippen LogP contribution in [0.5, 0.6) is 0 Å². The van der Waals surface area contributed by atoms with Crippen LogP contribution in [-0.4, -0.2) is 17.0 Å². The first-order chi connectivity index (χ1) is 8.78. The first-order valence-corrected chi connectivity index (χ1v) is 6.39. The Hall–Kier alpha value is -1.55. The zero-order chi connectivity index (χ0) is 14.5. The molecule has 19 heavy (non-hydrogen) atoms. The molecule has 0 aliphatic rings. The maximum atomic E-state index is 11.8. The van der Waals surface area contributed by atoms with Gasteiger partial charge in [-0.3, -0.25) is 9.59 Å². The topological polar surface area (TPSA) is 66.4 Å². The molecule has 2 N–H and O–H groups in total. The molecule has 0 aromatic heterocycles. The number of carbonyl (C=O) groups excluding carboxylic acids is 1. The number of hydrogen-bond acceptors (Lipinski definition) is 2. The second-order valence-electron chi connectivity index (χ2n) is 5.31. The fourth-order valence-electron chi connectivity index (χ4n) is 1.77. The van der Waals surface area contributed by atoms with Crippen LogP contribution in [0.3, 0.4) is 0 Å². The number of benzene rings is 1. The van der Waals surface area contributed by atoms with Crippen LogP contribution in [0.15, 0.2) is 24.3 Å². The number of carbonyl (C=O) groups is 2. The van der Waals surface area contributed by atoms with E-state index in [1.807, 2.05) is 12.1 Å². The van der Waals surface area contributed by atoms with Crippen LogP contribution in [0, 0.1) is 5.41 Å². The molecular weight excluding hydrogens is 266 g/mol. The van der Waals surface area contributed by atoms with Gasteiger partial charge in [-0.15, -0.1) is 0 Å². The summed E-state index contributed by atoms with van der Waals surface area (Å²) < 4.78 is 0. The van der Waals surface area contributed by atoms with Crippen molar-refractivity contribution < 1.29 is 14.7 Å². The van der Waals surface area contributed by atoms with Gasteiger partial charge >= 0.3 is 5.97 Å². The van der Waals surface area contributed by atoms with E-state index in [9.17, 15) is 9.59 Å². The molecule has 1 rings (SSSR count). The zero-order valence-corrected chi connectivity index (χ0v) is 11.8. The van der Waals surface area contributed by atoms with Crippen molar-refractivity contribution >= 4 is 23.5 Å². The highest BCUT2D eigenvalue weighted by molar-refractivity contribution is 6.30. The minimum absolute atomic E-state index is 0.0264. The van der Waals surface area contributed by atoms with Crippen LogP contribution < -0.4 is 5.32 Å². The number of carboxylic acids is 1. The van der Waals surface area contributed by atoms with Gasteiger partial charge < -0.3 is 10.4 Å². The van der Waals surface area contributed by atoms with Crippen molar-refractivity contribution in [3.8, 4) is 0 Å². The number of aliphatic carboxylic acids is 1. The molecule has 0 bridgehead atoms. The fourth-order valence-corrected chi connectivity index (χ4v) is 1.90. The number of halogens is 1. The molecule has 0 spiro atoms. The van der Waals surface area contributed by atoms with E-state index in [2.05, 4.69) is 5.32 Å². The molecule has 0 atom stereocenters. The van der Waals surface area contributed by atoms with Gasteiger partial charge in [-0.1, -0.05) is 37.6 Å². The normalized spacial score (nSPS) is 11.1. The zero-order valence-electron chi connectivity index (χ0n) is 11.1. The predicted octanol–water partition coefficient (Wildman–Crippen LogP) is 2.85. The third-order valence-electron chi connectivity index (χ3n) is 2.67. The average Bonchev–Trinajstić information content (AvgIpc) is 2.25. The van der Waals surface area contributed by atoms with Gasteiger partial charge in [0.1, 0.15) is 0 Å². The number of rotatable bonds is 6. The van der Waals surface area contributed by atoms with Crippen molar-refractivity contribution in [3.63, 3.8) is 0 Å². The Bertz CT molecular complexity index is 454. The Morgan fingerprint density at radius 1 is 1.21 bits per heavy atom. The van der Waals surface area contributed by atoms with Crippen LogP contribution >= 0.6 is 11.6 Å². The smallest absolute Gasteiger partial charge is 0.303 e. The Balaban J connectivity index is 2.43. The lowest BCUT2D eigenvalue weighted by molar-refractivity contribution is -0.139. The van der Waals surface area contributed by atoms with E-state index >= 15 is 0 Å². The summed E-state index contributed by atoms with van der Waals surface area (Å²) in [4.78, 5) is 22.4. The molecule has 0 aliphatic carbocycles. The monoisotopic (exact) mass is 283 g/mol. The summed E-state index contributed by atoms with van der Waals surface area (Å²) in [7, 11) is 0. The first-order valence-electron chi connectivity index (χ1n) is 6.01. The van der Waals surface area contributed by atoms with Gasteiger partial charge in [-0.2, -0.15) is 0 Å². The standard InChI is InChI=1S/C14H18ClNO3/c1-14(2,8-13(18)19)7-12(17)16-9-10-3-5-11(15)6-4-10/h3-6H,7-9H2,1-2H3,(H,16,17)(H,18,19). The first kappa shape index (κ1) is 15.5. The minimum Gasteiger partial charge on any atom is -0.481 e. The van der Waals surface area contributed by atoms with Crippen molar-refractivity contribution in [2.45, 2.75) is 33.2 Å². The third-order valence-corrected chi connectivity index (χ3v) is 2.92. The number of hydrogen-bond donors (Lipinski definition) is 2. The molecule has 1 aromatic carbocycles. The Morgan fingerprint density at radius 3 is 2.32 bits per heavy atom. The number of nitrogens with one attached hydrogen (secondary N) is 1. The lowest BCUT2D eigenvalue weighted by atomic mass is 9.85. The van der Waals surface area contributed by atoms with E-state index in [0.717, 1.165) is 5.56 Å². The molecule has 0 radical (unpaired) electrons. The molecule has 0 fully saturated rings. The minimum atomic E-state index is -0.893. The van der Waals surface area contributed by atoms with Gasteiger partial charge in [0.05, 0.1) is 6.42 Å². The SMILES string of the molecule is CC(C)(CC(=O)O)CC(=O)NCc1ccc(Cl)cc1. The molecule has 4 nitrogen and oxygen atoms in total. The molecule has 0 aliphatic heterocycles. The predicted molar refractivity (Wildman–Crippen MR) is 73.9 cm³/mol. The average molecular weight is 284 g/mol. The van der Waals surface area contributed by atoms with E-state index in [1.165, 1.54) is 0 Å². The number of amides is 1. The largest absolute Gasteiger partial charge is 0.481 e. The maximum absolute atomic E-state index is 11.8. The van der Waals surface area contributed by atoms with E-state index in [4.69, 9.17) is 16.7 Å². The Morgan fingerprint density at radius 2 is 1.79 bits per heavy atom. The molecule has 1 aromatic rings. The Kier molecular flexibility index (Phi) is 5.36. The van der Waals surface area contributed by atoms with E-state index in [0.29, 0.717) is 11.6 Å². The van der Waals surface area contributed by atoms with Gasteiger partial charge in [0, 0.05) is 18.0 Å². The highest BCUT2D eigenvalue weighted by Gasteiger charge is 2.24. The second kappa shape index (κ2) is 6.57. The lowest BCUT2D eigenvalue weighted by Gasteiger charge is -2.21. The Labute approximate surface area is 117 Å². The fraction of sp³-hybridized carbons (Fsp3) is 0.429. The van der Waals surface area contributed by atoms with E-state index in [1.54, 1.807) is 26.0 Å². The quantitative estimate of drug-likeness (QED) is 0.844. The van der Waals surface area contributed by atoms with Crippen LogP contribution in [0.4, 0.5) is 0 Å². The molecule has 104 valence electrons. The van der Waals surface area contributed by atoms with E-state index < -0.39 is 11.4 Å². The third kappa shape index (κ3) is 6.25. The maximum Gasteiger partial charge on any atom is 0.303 e. The molecule has 0 saturated carbocycles. The highest BCUT2D eigenvalue weighted by atomic mass is 35.5. The molecule has 0 heterocycles. The van der Waals surface area contributed by atoms with Gasteiger partial charge in [0.15, 0.2) is 0 Å². The highest BCUT2D eigenvalue weighted by Crippen LogP contribution is 2.24. The summed E-state index contributed by atoms with van der Waals surface area (Å²) in [6, 6.07) is 7.20. The van der Waals surface area contributed by atoms with Crippen molar-refractivity contribution in [2.75, 3.05) is 0 Å². The van der Waals surface area contributed by atoms with Gasteiger partial charge in [0.25, 0.3) is 0 Å². The second-order valence-corrected chi connectivity index (χ2v) is 5.75. The van der Waals surface area contributed by atoms with Gasteiger partial charge in [-0.05, 0) is 23.1 Å². The lowest BCUT2D eigenvalue weighted by Crippen LogP contribution is -2.29. The van der Waals surface area contributed by atoms with Crippen molar-refractivity contribution in [2.24, 2.45) is 5.41 Å². The van der Waals surface area contributed by atoms with Crippen LogP contribution in [0.25, 0.3) is 0 Å². The van der Waals surface area contributed by atoms with Crippen LogP contribution in [0.2, 0.25) is 5.02 Å². The van der Waals surface area contributed by atoms with Crippen molar-refractivity contribution in [3.05, 3.63) is 34.9 Å². The summed E-state index contributed by atoms with van der Waals surface area (Å²) in [5, 5.41) is 12.2. The molecule has 5 heteroatoms. The van der Waals surface area contributed by atoms with Crippen molar-refractivity contribution in [1.29, 1.82) is 0 Å². The summed E-state index contributed by atoms with van der Waals surface area (Å²) in [5.74, 6) is -1.04. The summed E-state index contributed by atoms with van der Waals surface area (Å²) in [6.45, 7) is 3.95. The van der Waals surface area contributed by atoms with Crippen LogP contribution in [0.1, 0.15) is 32.3 Å². The molecule has 0 unspecified atom stereocenters. The summed E-state index contributed by atoms with van der Waals surface area (Å²) in [5.41, 5.74) is 0.407. The molecule has 0 saturated heterocycles. The molecular formula is C14H18ClNO3. The van der Waals surface area contributed by atoms with Crippen LogP contribution in [-0.2, 0) is 16.1 Å². The van der Waals surface area contributed by atoms with Gasteiger partial charge in [0.2, 0.25) is 5.91 Å². The summed E-state index contributed by atoms with van der Waals surface area (Å²) in [6.07, 6.45) is 0.161. The van der Waals surface area contributed by atoms with Gasteiger partial charge in [-0.25, -0.2) is 0 Å². The van der Waals surface area contributed by atoms with Crippen molar-refractivity contribution in [1.82, 2.24) is 5.32 Å². The number of carboxylic acid groups (broad SMARTS) is 1.